The SMILES string of the molecule is CCOC(=O)C1=C(C)N=C(C)C(C(=O)OCC)C1c1ccccc1Nc1nc(-c2ccc(OC)c(OC)c2)cs1. The predicted molar refractivity (Wildman–Crippen MR) is 156 cm³/mol. The summed E-state index contributed by atoms with van der Waals surface area (Å²) in [6.45, 7) is 7.46. The normalized spacial score (nSPS) is 16.7. The molecule has 2 atom stereocenters. The Kier molecular flexibility index (Phi) is 9.21. The largest absolute Gasteiger partial charge is 0.493 e. The second-order valence-corrected chi connectivity index (χ2v) is 9.86. The van der Waals surface area contributed by atoms with E-state index in [4.69, 9.17) is 23.9 Å². The number of aromatic nitrogens is 1. The number of nitrogens with one attached hydrogen (secondary N) is 1. The number of para-hydroxylation sites is 1. The molecule has 0 saturated heterocycles. The van der Waals surface area contributed by atoms with Crippen molar-refractivity contribution in [2.24, 2.45) is 10.9 Å². The van der Waals surface area contributed by atoms with Crippen LogP contribution in [0.2, 0.25) is 0 Å². The van der Waals surface area contributed by atoms with Gasteiger partial charge in [-0.2, -0.15) is 0 Å². The van der Waals surface area contributed by atoms with Gasteiger partial charge >= 0.3 is 11.9 Å². The maximum atomic E-state index is 13.2. The number of allylic oxidation sites excluding steroid dienone is 1. The lowest BCUT2D eigenvalue weighted by Crippen LogP contribution is -2.36. The van der Waals surface area contributed by atoms with Gasteiger partial charge in [0.15, 0.2) is 16.6 Å². The number of hydrogen-bond donors (Lipinski definition) is 1. The molecule has 1 aliphatic rings. The van der Waals surface area contributed by atoms with Gasteiger partial charge in [0, 0.05) is 34.0 Å². The zero-order valence-corrected chi connectivity index (χ0v) is 24.3. The van der Waals surface area contributed by atoms with Crippen molar-refractivity contribution in [3.63, 3.8) is 0 Å². The fourth-order valence-corrected chi connectivity index (χ4v) is 5.57. The minimum Gasteiger partial charge on any atom is -0.493 e. The molecule has 9 nitrogen and oxygen atoms in total. The van der Waals surface area contributed by atoms with Gasteiger partial charge in [-0.3, -0.25) is 9.79 Å². The molecule has 1 aliphatic heterocycles. The van der Waals surface area contributed by atoms with Gasteiger partial charge in [-0.15, -0.1) is 11.3 Å². The Morgan fingerprint density at radius 3 is 2.40 bits per heavy atom. The maximum absolute atomic E-state index is 13.2. The van der Waals surface area contributed by atoms with Crippen LogP contribution >= 0.6 is 11.3 Å². The van der Waals surface area contributed by atoms with E-state index in [9.17, 15) is 9.59 Å². The Morgan fingerprint density at radius 2 is 1.70 bits per heavy atom. The summed E-state index contributed by atoms with van der Waals surface area (Å²) in [7, 11) is 3.19. The number of carbonyl (C=O) groups excluding carboxylic acids is 2. The average Bonchev–Trinajstić information content (AvgIpc) is 3.41. The molecule has 4 rings (SSSR count). The average molecular weight is 564 g/mol. The lowest BCUT2D eigenvalue weighted by molar-refractivity contribution is -0.146. The van der Waals surface area contributed by atoms with Gasteiger partial charge in [-0.25, -0.2) is 9.78 Å². The highest BCUT2D eigenvalue weighted by Crippen LogP contribution is 2.44. The number of rotatable bonds is 10. The number of anilines is 2. The third-order valence-electron chi connectivity index (χ3n) is 6.59. The van der Waals surface area contributed by atoms with Crippen LogP contribution < -0.4 is 14.8 Å². The Balaban J connectivity index is 1.75. The van der Waals surface area contributed by atoms with Crippen LogP contribution in [0.4, 0.5) is 10.8 Å². The number of methoxy groups -OCH3 is 2. The molecule has 2 heterocycles. The Morgan fingerprint density at radius 1 is 0.975 bits per heavy atom. The van der Waals surface area contributed by atoms with Crippen molar-refractivity contribution in [1.82, 2.24) is 4.98 Å². The summed E-state index contributed by atoms with van der Waals surface area (Å²) in [5, 5.41) is 6.00. The molecule has 1 N–H and O–H groups in total. The van der Waals surface area contributed by atoms with Crippen LogP contribution in [0.25, 0.3) is 11.3 Å². The number of carbonyl (C=O) groups is 2. The standard InChI is InChI=1S/C30H33N3O6S/c1-7-38-28(34)25-17(3)31-18(4)26(29(35)39-8-2)27(25)20-11-9-10-12-21(20)32-30-33-22(16-40-30)19-13-14-23(36-5)24(15-19)37-6/h9-16,25,27H,7-8H2,1-6H3,(H,32,33). The van der Waals surface area contributed by atoms with Crippen LogP contribution in [-0.4, -0.2) is 50.1 Å². The maximum Gasteiger partial charge on any atom is 0.336 e. The molecule has 0 fully saturated rings. The number of thiazole rings is 1. The minimum absolute atomic E-state index is 0.201. The first-order chi connectivity index (χ1) is 19.3. The number of benzene rings is 2. The van der Waals surface area contributed by atoms with E-state index in [0.717, 1.165) is 16.8 Å². The third kappa shape index (κ3) is 5.86. The lowest BCUT2D eigenvalue weighted by Gasteiger charge is -2.32. The number of nitrogens with zero attached hydrogens (tertiary/aromatic N) is 2. The molecule has 1 aromatic heterocycles. The fourth-order valence-electron chi connectivity index (χ4n) is 4.84. The molecule has 0 saturated carbocycles. The molecule has 10 heteroatoms. The van der Waals surface area contributed by atoms with Gasteiger partial charge in [0.1, 0.15) is 5.92 Å². The van der Waals surface area contributed by atoms with Crippen molar-refractivity contribution >= 4 is 39.8 Å². The molecular formula is C30H33N3O6S. The van der Waals surface area contributed by atoms with Crippen LogP contribution in [0.3, 0.4) is 0 Å². The first-order valence-corrected chi connectivity index (χ1v) is 13.8. The number of aliphatic imine (C=N–C) groups is 1. The van der Waals surface area contributed by atoms with E-state index in [1.165, 1.54) is 11.3 Å². The van der Waals surface area contributed by atoms with E-state index < -0.39 is 23.8 Å². The Bertz CT molecular complexity index is 1460. The van der Waals surface area contributed by atoms with E-state index >= 15 is 0 Å². The van der Waals surface area contributed by atoms with Crippen molar-refractivity contribution in [2.45, 2.75) is 33.6 Å². The summed E-state index contributed by atoms with van der Waals surface area (Å²) in [6, 6.07) is 13.2. The van der Waals surface area contributed by atoms with Gasteiger partial charge in [-0.05, 0) is 57.5 Å². The molecule has 0 radical (unpaired) electrons. The monoisotopic (exact) mass is 563 g/mol. The van der Waals surface area contributed by atoms with E-state index in [0.29, 0.717) is 39.3 Å². The van der Waals surface area contributed by atoms with Gasteiger partial charge in [0.25, 0.3) is 0 Å². The summed E-state index contributed by atoms with van der Waals surface area (Å²) >= 11 is 1.44. The fraction of sp³-hybridized carbons (Fsp3) is 0.333. The molecule has 0 bridgehead atoms. The predicted octanol–water partition coefficient (Wildman–Crippen LogP) is 6.15. The van der Waals surface area contributed by atoms with Crippen molar-refractivity contribution in [2.75, 3.05) is 32.8 Å². The van der Waals surface area contributed by atoms with Crippen LogP contribution in [-0.2, 0) is 19.1 Å². The third-order valence-corrected chi connectivity index (χ3v) is 7.34. The molecule has 2 aromatic carbocycles. The van der Waals surface area contributed by atoms with Gasteiger partial charge < -0.3 is 24.3 Å². The van der Waals surface area contributed by atoms with Gasteiger partial charge in [-0.1, -0.05) is 18.2 Å². The molecular weight excluding hydrogens is 530 g/mol. The van der Waals surface area contributed by atoms with E-state index in [1.807, 2.05) is 47.8 Å². The zero-order valence-electron chi connectivity index (χ0n) is 23.4. The molecule has 3 aromatic rings. The molecule has 2 unspecified atom stereocenters. The van der Waals surface area contributed by atoms with Crippen LogP contribution in [0, 0.1) is 5.92 Å². The number of esters is 2. The highest BCUT2D eigenvalue weighted by Gasteiger charge is 2.43. The summed E-state index contributed by atoms with van der Waals surface area (Å²) in [4.78, 5) is 35.8. The quantitative estimate of drug-likeness (QED) is 0.293. The Hall–Kier alpha value is -4.18. The van der Waals surface area contributed by atoms with E-state index in [2.05, 4.69) is 10.3 Å². The molecule has 210 valence electrons. The van der Waals surface area contributed by atoms with E-state index in [-0.39, 0.29) is 13.2 Å². The molecule has 0 spiro atoms. The van der Waals surface area contributed by atoms with Gasteiger partial charge in [0.2, 0.25) is 0 Å². The number of ether oxygens (including phenoxy) is 4. The minimum atomic E-state index is -0.787. The first kappa shape index (κ1) is 28.8. The highest BCUT2D eigenvalue weighted by atomic mass is 32.1. The first-order valence-electron chi connectivity index (χ1n) is 13.0. The molecule has 40 heavy (non-hydrogen) atoms. The van der Waals surface area contributed by atoms with E-state index in [1.54, 1.807) is 41.9 Å². The molecule has 0 aliphatic carbocycles. The number of hydrogen-bond acceptors (Lipinski definition) is 10. The summed E-state index contributed by atoms with van der Waals surface area (Å²) < 4.78 is 21.6. The van der Waals surface area contributed by atoms with Crippen molar-refractivity contribution in [3.05, 3.63) is 64.7 Å². The Labute approximate surface area is 237 Å². The summed E-state index contributed by atoms with van der Waals surface area (Å²) in [5.74, 6) is -1.15. The second kappa shape index (κ2) is 12.8. The van der Waals surface area contributed by atoms with Crippen LogP contribution in [0.1, 0.15) is 39.2 Å². The van der Waals surface area contributed by atoms with Crippen LogP contribution in [0.15, 0.2) is 64.1 Å². The second-order valence-electron chi connectivity index (χ2n) is 9.00. The topological polar surface area (TPSA) is 108 Å². The highest BCUT2D eigenvalue weighted by molar-refractivity contribution is 7.14. The zero-order chi connectivity index (χ0) is 28.8. The van der Waals surface area contributed by atoms with Crippen LogP contribution in [0.5, 0.6) is 11.5 Å². The summed E-state index contributed by atoms with van der Waals surface area (Å²) in [5.41, 5.74) is 4.51. The van der Waals surface area contributed by atoms with Crippen molar-refractivity contribution in [1.29, 1.82) is 0 Å². The summed E-state index contributed by atoms with van der Waals surface area (Å²) in [6.07, 6.45) is 0. The lowest BCUT2D eigenvalue weighted by atomic mass is 9.75. The smallest absolute Gasteiger partial charge is 0.336 e. The molecule has 0 amide bonds. The van der Waals surface area contributed by atoms with Gasteiger partial charge in [0.05, 0.1) is 38.7 Å². The van der Waals surface area contributed by atoms with Crippen molar-refractivity contribution in [3.8, 4) is 22.8 Å². The van der Waals surface area contributed by atoms with Crippen molar-refractivity contribution < 1.29 is 28.5 Å².